The Morgan fingerprint density at radius 2 is 2.24 bits per heavy atom. The monoisotopic (exact) mass is 373 g/mol. The van der Waals surface area contributed by atoms with Crippen molar-refractivity contribution in [2.75, 3.05) is 5.32 Å². The van der Waals surface area contributed by atoms with Crippen LogP contribution in [0.1, 0.15) is 21.9 Å². The van der Waals surface area contributed by atoms with Crippen LogP contribution >= 0.6 is 23.6 Å². The smallest absolute Gasteiger partial charge is 0.277 e. The molecule has 3 aromatic heterocycles. The molecule has 10 heteroatoms. The minimum Gasteiger partial charge on any atom is -0.296 e. The maximum atomic E-state index is 12.3. The van der Waals surface area contributed by atoms with Crippen molar-refractivity contribution in [3.63, 3.8) is 0 Å². The number of aryl methyl sites for hydroxylation is 2. The molecule has 0 atom stereocenters. The molecule has 2 N–H and O–H groups in total. The summed E-state index contributed by atoms with van der Waals surface area (Å²) in [6.45, 7) is 7.91. The Morgan fingerprint density at radius 1 is 1.44 bits per heavy atom. The van der Waals surface area contributed by atoms with Crippen LogP contribution in [-0.4, -0.2) is 35.6 Å². The highest BCUT2D eigenvalue weighted by Gasteiger charge is 2.18. The van der Waals surface area contributed by atoms with Crippen molar-refractivity contribution in [3.05, 3.63) is 46.9 Å². The number of aromatic nitrogens is 6. The molecule has 3 rings (SSSR count). The third-order valence-electron chi connectivity index (χ3n) is 3.30. The van der Waals surface area contributed by atoms with Gasteiger partial charge in [-0.3, -0.25) is 24.8 Å². The first-order valence-electron chi connectivity index (χ1n) is 7.33. The number of nitrogens with zero attached hydrogens (tertiary/aromatic N) is 5. The number of allylic oxidation sites excluding steroid dienone is 1. The number of carbonyl (C=O) groups is 1. The van der Waals surface area contributed by atoms with Gasteiger partial charge in [0.2, 0.25) is 0 Å². The largest absolute Gasteiger partial charge is 0.296 e. The number of hydrogen-bond acceptors (Lipinski definition) is 7. The molecule has 0 spiro atoms. The molecule has 0 unspecified atom stereocenters. The zero-order chi connectivity index (χ0) is 18.0. The summed E-state index contributed by atoms with van der Waals surface area (Å²) in [5.41, 5.74) is 1.72. The third-order valence-corrected chi connectivity index (χ3v) is 4.68. The van der Waals surface area contributed by atoms with Crippen LogP contribution in [0, 0.1) is 18.6 Å². The minimum absolute atomic E-state index is 0.231. The van der Waals surface area contributed by atoms with Crippen molar-refractivity contribution in [3.8, 4) is 10.7 Å². The van der Waals surface area contributed by atoms with Crippen molar-refractivity contribution in [1.29, 1.82) is 0 Å². The molecule has 0 radical (unpaired) electrons. The molecule has 1 amide bonds. The lowest BCUT2D eigenvalue weighted by Gasteiger charge is -2.01. The van der Waals surface area contributed by atoms with Crippen LogP contribution in [0.15, 0.2) is 25.0 Å². The Morgan fingerprint density at radius 3 is 2.92 bits per heavy atom. The number of thiazole rings is 1. The molecular formula is C15H15N7OS2. The second kappa shape index (κ2) is 7.03. The third kappa shape index (κ3) is 3.54. The van der Waals surface area contributed by atoms with Gasteiger partial charge in [0.05, 0.1) is 22.5 Å². The molecule has 25 heavy (non-hydrogen) atoms. The Balaban J connectivity index is 1.88. The summed E-state index contributed by atoms with van der Waals surface area (Å²) in [7, 11) is 0. The molecule has 0 aliphatic rings. The van der Waals surface area contributed by atoms with E-state index in [9.17, 15) is 4.79 Å². The van der Waals surface area contributed by atoms with E-state index in [0.717, 1.165) is 16.3 Å². The topological polar surface area (TPSA) is 101 Å². The number of carbonyl (C=O) groups excluding carboxylic acids is 1. The van der Waals surface area contributed by atoms with Crippen molar-refractivity contribution in [2.45, 2.75) is 20.4 Å². The number of hydrogen-bond donors (Lipinski definition) is 2. The van der Waals surface area contributed by atoms with Gasteiger partial charge in [0.1, 0.15) is 5.69 Å². The van der Waals surface area contributed by atoms with Gasteiger partial charge >= 0.3 is 0 Å². The van der Waals surface area contributed by atoms with Crippen LogP contribution in [0.25, 0.3) is 10.7 Å². The van der Waals surface area contributed by atoms with E-state index in [2.05, 4.69) is 37.0 Å². The molecule has 128 valence electrons. The zero-order valence-electron chi connectivity index (χ0n) is 13.6. The number of nitrogens with one attached hydrogen (secondary N) is 2. The maximum absolute atomic E-state index is 12.3. The predicted octanol–water partition coefficient (Wildman–Crippen LogP) is 2.91. The van der Waals surface area contributed by atoms with E-state index in [1.54, 1.807) is 19.2 Å². The summed E-state index contributed by atoms with van der Waals surface area (Å²) in [5.74, 6) is 0.299. The lowest BCUT2D eigenvalue weighted by molar-refractivity contribution is 0.102. The van der Waals surface area contributed by atoms with Gasteiger partial charge in [0.15, 0.2) is 15.7 Å². The van der Waals surface area contributed by atoms with Gasteiger partial charge < -0.3 is 0 Å². The Kier molecular flexibility index (Phi) is 4.81. The van der Waals surface area contributed by atoms with Gasteiger partial charge in [-0.1, -0.05) is 17.4 Å². The van der Waals surface area contributed by atoms with E-state index in [1.165, 1.54) is 17.5 Å². The van der Waals surface area contributed by atoms with Crippen LogP contribution in [0.3, 0.4) is 0 Å². The maximum Gasteiger partial charge on any atom is 0.277 e. The van der Waals surface area contributed by atoms with Gasteiger partial charge in [0, 0.05) is 12.7 Å². The van der Waals surface area contributed by atoms with Crippen molar-refractivity contribution in [1.82, 2.24) is 29.7 Å². The fourth-order valence-electron chi connectivity index (χ4n) is 2.12. The second-order valence-corrected chi connectivity index (χ2v) is 6.57. The van der Waals surface area contributed by atoms with E-state index < -0.39 is 0 Å². The summed E-state index contributed by atoms with van der Waals surface area (Å²) >= 11 is 6.55. The first-order valence-corrected chi connectivity index (χ1v) is 8.56. The highest BCUT2D eigenvalue weighted by Crippen LogP contribution is 2.31. The molecule has 8 nitrogen and oxygen atoms in total. The van der Waals surface area contributed by atoms with E-state index in [-0.39, 0.29) is 11.6 Å². The summed E-state index contributed by atoms with van der Waals surface area (Å²) in [4.78, 5) is 25.6. The van der Waals surface area contributed by atoms with Gasteiger partial charge in [-0.15, -0.1) is 6.58 Å². The summed E-state index contributed by atoms with van der Waals surface area (Å²) in [6, 6.07) is 0. The molecule has 0 aliphatic heterocycles. The van der Waals surface area contributed by atoms with Crippen LogP contribution in [0.4, 0.5) is 5.13 Å². The molecule has 0 fully saturated rings. The summed E-state index contributed by atoms with van der Waals surface area (Å²) in [5, 5.41) is 10.2. The second-order valence-electron chi connectivity index (χ2n) is 5.18. The van der Waals surface area contributed by atoms with Gasteiger partial charge in [0.25, 0.3) is 5.91 Å². The number of H-pyrrole nitrogens is 1. The molecule has 0 aliphatic carbocycles. The molecule has 3 heterocycles. The lowest BCUT2D eigenvalue weighted by atomic mass is 10.3. The predicted molar refractivity (Wildman–Crippen MR) is 98.2 cm³/mol. The molecule has 3 aromatic rings. The summed E-state index contributed by atoms with van der Waals surface area (Å²) in [6.07, 6.45) is 4.71. The van der Waals surface area contributed by atoms with E-state index in [1.807, 2.05) is 11.5 Å². The van der Waals surface area contributed by atoms with Crippen molar-refractivity contribution >= 4 is 34.6 Å². The fourth-order valence-corrected chi connectivity index (χ4v) is 3.28. The van der Waals surface area contributed by atoms with Gasteiger partial charge in [-0.25, -0.2) is 9.97 Å². The van der Waals surface area contributed by atoms with E-state index in [0.29, 0.717) is 22.3 Å². The highest BCUT2D eigenvalue weighted by molar-refractivity contribution is 7.71. The SMILES string of the molecule is C=CCn1c(-c2sc(NC(=O)c3cnc(C)cn3)nc2C)n[nH]c1=S. The number of anilines is 1. The van der Waals surface area contributed by atoms with Gasteiger partial charge in [-0.2, -0.15) is 5.10 Å². The lowest BCUT2D eigenvalue weighted by Crippen LogP contribution is -2.13. The van der Waals surface area contributed by atoms with E-state index >= 15 is 0 Å². The zero-order valence-corrected chi connectivity index (χ0v) is 15.2. The van der Waals surface area contributed by atoms with E-state index in [4.69, 9.17) is 12.2 Å². The first-order chi connectivity index (χ1) is 12.0. The standard InChI is InChI=1S/C15H15N7OS2/c1-4-5-22-12(20-21-15(22)24)11-9(3)18-14(25-11)19-13(23)10-7-16-8(2)6-17-10/h4,6-7H,1,5H2,2-3H3,(H,21,24)(H,18,19,23). The number of aromatic amines is 1. The Bertz CT molecular complexity index is 984. The van der Waals surface area contributed by atoms with Crippen molar-refractivity contribution < 1.29 is 4.79 Å². The molecule has 0 aromatic carbocycles. The van der Waals surface area contributed by atoms with Crippen molar-refractivity contribution in [2.24, 2.45) is 0 Å². The first kappa shape index (κ1) is 17.1. The molecule has 0 saturated heterocycles. The molecule has 0 bridgehead atoms. The molecular weight excluding hydrogens is 358 g/mol. The van der Waals surface area contributed by atoms with Crippen LogP contribution in [-0.2, 0) is 6.54 Å². The van der Waals surface area contributed by atoms with Crippen LogP contribution < -0.4 is 5.32 Å². The van der Waals surface area contributed by atoms with Gasteiger partial charge in [-0.05, 0) is 26.1 Å². The fraction of sp³-hybridized carbons (Fsp3) is 0.200. The Hall–Kier alpha value is -2.72. The normalized spacial score (nSPS) is 10.6. The Labute approximate surface area is 152 Å². The number of amides is 1. The molecule has 0 saturated carbocycles. The summed E-state index contributed by atoms with van der Waals surface area (Å²) < 4.78 is 2.32. The quantitative estimate of drug-likeness (QED) is 0.527. The average molecular weight is 373 g/mol. The average Bonchev–Trinajstić information content (AvgIpc) is 3.11. The number of rotatable bonds is 5. The highest BCUT2D eigenvalue weighted by atomic mass is 32.1. The minimum atomic E-state index is -0.363. The van der Waals surface area contributed by atoms with Crippen LogP contribution in [0.5, 0.6) is 0 Å². The van der Waals surface area contributed by atoms with Crippen LogP contribution in [0.2, 0.25) is 0 Å².